The quantitative estimate of drug-likeness (QED) is 0.696. The van der Waals surface area contributed by atoms with Gasteiger partial charge in [0.05, 0.1) is 5.92 Å². The third-order valence-corrected chi connectivity index (χ3v) is 4.39. The molecule has 0 saturated carbocycles. The molecule has 1 saturated heterocycles. The molecule has 0 aromatic carbocycles. The monoisotopic (exact) mass is 339 g/mol. The van der Waals surface area contributed by atoms with E-state index in [0.717, 1.165) is 38.8 Å². The number of hydrogen-bond donors (Lipinski definition) is 1. The fraction of sp³-hybridized carbons (Fsp3) is 0.833. The molecule has 0 aromatic rings. The maximum atomic E-state index is 12.4. The zero-order chi connectivity index (χ0) is 17.9. The topological polar surface area (TPSA) is 69.7 Å². The van der Waals surface area contributed by atoms with Crippen LogP contribution in [0.3, 0.4) is 0 Å². The number of carbonyl (C=O) groups is 3. The lowest BCUT2D eigenvalue weighted by atomic mass is 9.96. The van der Waals surface area contributed by atoms with Gasteiger partial charge in [0.2, 0.25) is 17.7 Å². The van der Waals surface area contributed by atoms with Crippen molar-refractivity contribution in [3.05, 3.63) is 0 Å². The molecular weight excluding hydrogens is 306 g/mol. The van der Waals surface area contributed by atoms with Gasteiger partial charge in [-0.2, -0.15) is 0 Å². The summed E-state index contributed by atoms with van der Waals surface area (Å²) in [5, 5.41) is 2.83. The van der Waals surface area contributed by atoms with Gasteiger partial charge < -0.3 is 15.1 Å². The number of rotatable bonds is 9. The molecule has 0 aliphatic carbocycles. The zero-order valence-corrected chi connectivity index (χ0v) is 15.5. The zero-order valence-electron chi connectivity index (χ0n) is 15.5. The summed E-state index contributed by atoms with van der Waals surface area (Å²) in [6.07, 6.45) is 4.04. The molecule has 6 heteroatoms. The van der Waals surface area contributed by atoms with Gasteiger partial charge in [0, 0.05) is 45.6 Å². The fourth-order valence-corrected chi connectivity index (χ4v) is 3.17. The van der Waals surface area contributed by atoms with Crippen molar-refractivity contribution < 1.29 is 14.4 Å². The molecule has 0 spiro atoms. The van der Waals surface area contributed by atoms with Crippen molar-refractivity contribution in [2.75, 3.05) is 32.7 Å². The highest BCUT2D eigenvalue weighted by atomic mass is 16.2. The molecule has 1 heterocycles. The van der Waals surface area contributed by atoms with E-state index in [0.29, 0.717) is 19.6 Å². The third-order valence-electron chi connectivity index (χ3n) is 4.39. The van der Waals surface area contributed by atoms with E-state index < -0.39 is 0 Å². The predicted molar refractivity (Wildman–Crippen MR) is 94.4 cm³/mol. The van der Waals surface area contributed by atoms with E-state index in [2.05, 4.69) is 19.2 Å². The lowest BCUT2D eigenvalue weighted by molar-refractivity contribution is -0.139. The van der Waals surface area contributed by atoms with E-state index in [1.807, 2.05) is 11.8 Å². The lowest BCUT2D eigenvalue weighted by Crippen LogP contribution is -2.45. The molecule has 0 aromatic heterocycles. The molecule has 138 valence electrons. The minimum atomic E-state index is -0.116. The second kappa shape index (κ2) is 11.0. The first-order valence-electron chi connectivity index (χ1n) is 9.36. The molecule has 24 heavy (non-hydrogen) atoms. The summed E-state index contributed by atoms with van der Waals surface area (Å²) in [6.45, 7) is 9.29. The molecule has 1 aliphatic rings. The Kier molecular flexibility index (Phi) is 9.42. The summed E-state index contributed by atoms with van der Waals surface area (Å²) in [4.78, 5) is 40.2. The number of nitrogens with zero attached hydrogens (tertiary/aromatic N) is 2. The second-order valence-electron chi connectivity index (χ2n) is 6.45. The summed E-state index contributed by atoms with van der Waals surface area (Å²) in [7, 11) is 0. The van der Waals surface area contributed by atoms with Crippen LogP contribution in [0.1, 0.15) is 59.3 Å². The Balaban J connectivity index is 2.46. The first kappa shape index (κ1) is 20.5. The normalized spacial score (nSPS) is 17.5. The number of likely N-dealkylation sites (tertiary alicyclic amines) is 1. The van der Waals surface area contributed by atoms with Crippen LogP contribution < -0.4 is 5.32 Å². The number of hydrogen-bond acceptors (Lipinski definition) is 3. The molecule has 1 N–H and O–H groups in total. The van der Waals surface area contributed by atoms with Gasteiger partial charge in [-0.05, 0) is 32.6 Å². The highest BCUT2D eigenvalue weighted by Crippen LogP contribution is 2.18. The first-order chi connectivity index (χ1) is 11.5. The first-order valence-corrected chi connectivity index (χ1v) is 9.36. The molecular formula is C18H33N3O3. The number of carbonyl (C=O) groups excluding carboxylic acids is 3. The average Bonchev–Trinajstić information content (AvgIpc) is 2.59. The molecule has 1 aliphatic heterocycles. The Morgan fingerprint density at radius 1 is 1.08 bits per heavy atom. The number of piperidine rings is 1. The van der Waals surface area contributed by atoms with Crippen molar-refractivity contribution in [2.24, 2.45) is 5.92 Å². The predicted octanol–water partition coefficient (Wildman–Crippen LogP) is 1.79. The summed E-state index contributed by atoms with van der Waals surface area (Å²) in [5.41, 5.74) is 0. The van der Waals surface area contributed by atoms with Crippen LogP contribution in [-0.4, -0.2) is 60.2 Å². The SMILES string of the molecule is CCCN(CCC)C(=O)CCC(=O)N1CCCC(C(=O)NCC)C1. The lowest BCUT2D eigenvalue weighted by Gasteiger charge is -2.32. The van der Waals surface area contributed by atoms with Crippen LogP contribution in [0.25, 0.3) is 0 Å². The minimum Gasteiger partial charge on any atom is -0.356 e. The summed E-state index contributed by atoms with van der Waals surface area (Å²) in [6, 6.07) is 0. The largest absolute Gasteiger partial charge is 0.356 e. The van der Waals surface area contributed by atoms with Crippen molar-refractivity contribution in [1.82, 2.24) is 15.1 Å². The van der Waals surface area contributed by atoms with Gasteiger partial charge in [0.25, 0.3) is 0 Å². The van der Waals surface area contributed by atoms with Crippen LogP contribution >= 0.6 is 0 Å². The van der Waals surface area contributed by atoms with Gasteiger partial charge in [-0.1, -0.05) is 13.8 Å². The van der Waals surface area contributed by atoms with Crippen molar-refractivity contribution in [3.63, 3.8) is 0 Å². The van der Waals surface area contributed by atoms with E-state index in [1.54, 1.807) is 4.90 Å². The van der Waals surface area contributed by atoms with Crippen LogP contribution in [0.15, 0.2) is 0 Å². The molecule has 1 rings (SSSR count). The molecule has 1 unspecified atom stereocenters. The van der Waals surface area contributed by atoms with E-state index in [1.165, 1.54) is 0 Å². The average molecular weight is 339 g/mol. The van der Waals surface area contributed by atoms with Crippen molar-refractivity contribution in [2.45, 2.75) is 59.3 Å². The molecule has 3 amide bonds. The van der Waals surface area contributed by atoms with Crippen molar-refractivity contribution >= 4 is 17.7 Å². The Morgan fingerprint density at radius 3 is 2.33 bits per heavy atom. The van der Waals surface area contributed by atoms with Gasteiger partial charge in [-0.15, -0.1) is 0 Å². The number of amides is 3. The highest BCUT2D eigenvalue weighted by Gasteiger charge is 2.28. The third kappa shape index (κ3) is 6.49. The molecule has 1 fully saturated rings. The maximum absolute atomic E-state index is 12.4. The summed E-state index contributed by atoms with van der Waals surface area (Å²) < 4.78 is 0. The van der Waals surface area contributed by atoms with Crippen LogP contribution in [0.2, 0.25) is 0 Å². The van der Waals surface area contributed by atoms with Gasteiger partial charge in [-0.3, -0.25) is 14.4 Å². The van der Waals surface area contributed by atoms with Gasteiger partial charge in [0.1, 0.15) is 0 Å². The Labute approximate surface area is 145 Å². The van der Waals surface area contributed by atoms with Gasteiger partial charge >= 0.3 is 0 Å². The Hall–Kier alpha value is -1.59. The summed E-state index contributed by atoms with van der Waals surface area (Å²) in [5.74, 6) is -0.0344. The van der Waals surface area contributed by atoms with Gasteiger partial charge in [0.15, 0.2) is 0 Å². The van der Waals surface area contributed by atoms with Crippen LogP contribution in [0.4, 0.5) is 0 Å². The molecule has 0 bridgehead atoms. The standard InChI is InChI=1S/C18H33N3O3/c1-4-11-20(12-5-2)16(22)9-10-17(23)21-13-7-8-15(14-21)18(24)19-6-3/h15H,4-14H2,1-3H3,(H,19,24). The van der Waals surface area contributed by atoms with E-state index in [4.69, 9.17) is 0 Å². The molecule has 1 atom stereocenters. The Morgan fingerprint density at radius 2 is 1.75 bits per heavy atom. The fourth-order valence-electron chi connectivity index (χ4n) is 3.17. The van der Waals surface area contributed by atoms with Crippen molar-refractivity contribution in [1.29, 1.82) is 0 Å². The highest BCUT2D eigenvalue weighted by molar-refractivity contribution is 5.85. The van der Waals surface area contributed by atoms with Crippen LogP contribution in [0, 0.1) is 5.92 Å². The van der Waals surface area contributed by atoms with E-state index in [-0.39, 0.29) is 36.5 Å². The van der Waals surface area contributed by atoms with Crippen molar-refractivity contribution in [3.8, 4) is 0 Å². The molecule has 0 radical (unpaired) electrons. The Bertz CT molecular complexity index is 420. The summed E-state index contributed by atoms with van der Waals surface area (Å²) >= 11 is 0. The number of nitrogens with one attached hydrogen (secondary N) is 1. The maximum Gasteiger partial charge on any atom is 0.224 e. The van der Waals surface area contributed by atoms with Crippen LogP contribution in [0.5, 0.6) is 0 Å². The molecule has 6 nitrogen and oxygen atoms in total. The second-order valence-corrected chi connectivity index (χ2v) is 6.45. The van der Waals surface area contributed by atoms with E-state index >= 15 is 0 Å². The smallest absolute Gasteiger partial charge is 0.224 e. The minimum absolute atomic E-state index is 0.00899. The van der Waals surface area contributed by atoms with Gasteiger partial charge in [-0.25, -0.2) is 0 Å². The van der Waals surface area contributed by atoms with E-state index in [9.17, 15) is 14.4 Å². The van der Waals surface area contributed by atoms with Crippen LogP contribution in [-0.2, 0) is 14.4 Å².